The number of hydrogen-bond donors (Lipinski definition) is 2. The largest absolute Gasteiger partial charge is 0.486 e. The van der Waals surface area contributed by atoms with Crippen molar-refractivity contribution in [3.05, 3.63) is 58.7 Å². The van der Waals surface area contributed by atoms with Gasteiger partial charge in [-0.05, 0) is 43.7 Å². The predicted molar refractivity (Wildman–Crippen MR) is 107 cm³/mol. The van der Waals surface area contributed by atoms with Crippen LogP contribution in [0.5, 0.6) is 11.5 Å². The Hall–Kier alpha value is -2.99. The van der Waals surface area contributed by atoms with Crippen LogP contribution in [0.1, 0.15) is 11.3 Å². The van der Waals surface area contributed by atoms with Crippen LogP contribution in [0.3, 0.4) is 0 Å². The maximum Gasteiger partial charge on any atom is 0.229 e. The number of nitrogens with one attached hydrogen (secondary N) is 2. The lowest BCUT2D eigenvalue weighted by atomic mass is 10.2. The van der Waals surface area contributed by atoms with Crippen molar-refractivity contribution in [2.24, 2.45) is 0 Å². The molecule has 7 heteroatoms. The predicted octanol–water partition coefficient (Wildman–Crippen LogP) is 5.01. The highest BCUT2D eigenvalue weighted by Gasteiger charge is 2.12. The van der Waals surface area contributed by atoms with E-state index < -0.39 is 0 Å². The summed E-state index contributed by atoms with van der Waals surface area (Å²) < 4.78 is 11.2. The van der Waals surface area contributed by atoms with Crippen molar-refractivity contribution >= 4 is 34.7 Å². The summed E-state index contributed by atoms with van der Waals surface area (Å²) in [4.78, 5) is 9.02. The molecule has 138 valence electrons. The molecule has 0 aliphatic carbocycles. The Morgan fingerprint density at radius 2 is 1.70 bits per heavy atom. The second-order valence-corrected chi connectivity index (χ2v) is 6.72. The van der Waals surface area contributed by atoms with Gasteiger partial charge in [0.15, 0.2) is 11.5 Å². The zero-order valence-electron chi connectivity index (χ0n) is 15.0. The average Bonchev–Trinajstić information content (AvgIpc) is 2.64. The number of rotatable bonds is 4. The van der Waals surface area contributed by atoms with Gasteiger partial charge in [-0.2, -0.15) is 4.98 Å². The molecule has 0 bridgehead atoms. The maximum absolute atomic E-state index is 6.10. The van der Waals surface area contributed by atoms with Gasteiger partial charge in [0, 0.05) is 34.2 Å². The molecule has 6 nitrogen and oxygen atoms in total. The smallest absolute Gasteiger partial charge is 0.229 e. The Balaban J connectivity index is 1.58. The van der Waals surface area contributed by atoms with Crippen LogP contribution < -0.4 is 20.1 Å². The van der Waals surface area contributed by atoms with Crippen LogP contribution in [-0.4, -0.2) is 23.2 Å². The standard InChI is InChI=1S/C20H19ClN4O2/c1-12-3-4-14(21)10-16(12)24-19-9-13(2)22-20(25-19)23-15-5-6-17-18(11-15)27-8-7-26-17/h3-6,9-11H,7-8H2,1-2H3,(H2,22,23,24,25). The van der Waals surface area contributed by atoms with Crippen LogP contribution in [0, 0.1) is 13.8 Å². The molecule has 0 fully saturated rings. The Morgan fingerprint density at radius 1 is 0.889 bits per heavy atom. The Bertz CT molecular complexity index is 994. The molecule has 3 aromatic rings. The van der Waals surface area contributed by atoms with E-state index in [0.29, 0.717) is 35.8 Å². The van der Waals surface area contributed by atoms with Crippen molar-refractivity contribution in [2.75, 3.05) is 23.8 Å². The monoisotopic (exact) mass is 382 g/mol. The fraction of sp³-hybridized carbons (Fsp3) is 0.200. The average molecular weight is 383 g/mol. The van der Waals surface area contributed by atoms with Gasteiger partial charge in [-0.1, -0.05) is 17.7 Å². The van der Waals surface area contributed by atoms with Gasteiger partial charge in [-0.3, -0.25) is 0 Å². The van der Waals surface area contributed by atoms with Crippen LogP contribution in [0.4, 0.5) is 23.1 Å². The van der Waals surface area contributed by atoms with Gasteiger partial charge in [0.25, 0.3) is 0 Å². The molecule has 0 atom stereocenters. The molecule has 1 aliphatic rings. The Kier molecular flexibility index (Phi) is 4.73. The number of hydrogen-bond acceptors (Lipinski definition) is 6. The molecule has 0 amide bonds. The number of fused-ring (bicyclic) bond motifs is 1. The van der Waals surface area contributed by atoms with E-state index in [1.165, 1.54) is 0 Å². The second-order valence-electron chi connectivity index (χ2n) is 6.29. The molecule has 2 heterocycles. The fourth-order valence-corrected chi connectivity index (χ4v) is 2.98. The summed E-state index contributed by atoms with van der Waals surface area (Å²) in [7, 11) is 0. The third-order valence-corrected chi connectivity index (χ3v) is 4.35. The van der Waals surface area contributed by atoms with Gasteiger partial charge < -0.3 is 20.1 Å². The van der Waals surface area contributed by atoms with Crippen LogP contribution in [0.2, 0.25) is 5.02 Å². The summed E-state index contributed by atoms with van der Waals surface area (Å²) in [5, 5.41) is 7.20. The number of ether oxygens (including phenoxy) is 2. The van der Waals surface area contributed by atoms with Crippen molar-refractivity contribution in [1.82, 2.24) is 9.97 Å². The number of nitrogens with zero attached hydrogens (tertiary/aromatic N) is 2. The van der Waals surface area contributed by atoms with Gasteiger partial charge in [-0.15, -0.1) is 0 Å². The van der Waals surface area contributed by atoms with E-state index >= 15 is 0 Å². The van der Waals surface area contributed by atoms with Crippen LogP contribution >= 0.6 is 11.6 Å². The van der Waals surface area contributed by atoms with Gasteiger partial charge in [-0.25, -0.2) is 4.98 Å². The van der Waals surface area contributed by atoms with Gasteiger partial charge >= 0.3 is 0 Å². The highest BCUT2D eigenvalue weighted by molar-refractivity contribution is 6.30. The first-order valence-electron chi connectivity index (χ1n) is 8.62. The van der Waals surface area contributed by atoms with E-state index in [4.69, 9.17) is 21.1 Å². The lowest BCUT2D eigenvalue weighted by molar-refractivity contribution is 0.171. The number of aromatic nitrogens is 2. The van der Waals surface area contributed by atoms with Gasteiger partial charge in [0.05, 0.1) is 0 Å². The van der Waals surface area contributed by atoms with Crippen LogP contribution in [0.15, 0.2) is 42.5 Å². The first-order valence-corrected chi connectivity index (χ1v) is 9.00. The molecule has 0 unspecified atom stereocenters. The molecule has 0 radical (unpaired) electrons. The zero-order chi connectivity index (χ0) is 18.8. The molecule has 1 aromatic heterocycles. The SMILES string of the molecule is Cc1cc(Nc2cc(Cl)ccc2C)nc(Nc2ccc3c(c2)OCCO3)n1. The molecule has 0 saturated carbocycles. The number of benzene rings is 2. The molecule has 0 spiro atoms. The second kappa shape index (κ2) is 7.32. The highest BCUT2D eigenvalue weighted by atomic mass is 35.5. The summed E-state index contributed by atoms with van der Waals surface area (Å²) in [5.74, 6) is 2.64. The lowest BCUT2D eigenvalue weighted by Gasteiger charge is -2.19. The third-order valence-electron chi connectivity index (χ3n) is 4.11. The summed E-state index contributed by atoms with van der Waals surface area (Å²) in [6.07, 6.45) is 0. The van der Waals surface area contributed by atoms with Crippen molar-refractivity contribution in [2.45, 2.75) is 13.8 Å². The van der Waals surface area contributed by atoms with Gasteiger partial charge in [0.2, 0.25) is 5.95 Å². The van der Waals surface area contributed by atoms with Crippen molar-refractivity contribution in [1.29, 1.82) is 0 Å². The third kappa shape index (κ3) is 4.06. The first-order chi connectivity index (χ1) is 13.1. The van der Waals surface area contributed by atoms with E-state index in [9.17, 15) is 0 Å². The molecule has 27 heavy (non-hydrogen) atoms. The molecule has 4 rings (SSSR count). The molecular formula is C20H19ClN4O2. The number of halogens is 1. The minimum absolute atomic E-state index is 0.494. The van der Waals surface area contributed by atoms with E-state index in [-0.39, 0.29) is 0 Å². The van der Waals surface area contributed by atoms with Crippen molar-refractivity contribution in [3.63, 3.8) is 0 Å². The highest BCUT2D eigenvalue weighted by Crippen LogP contribution is 2.33. The Labute approximate surface area is 162 Å². The Morgan fingerprint density at radius 3 is 2.56 bits per heavy atom. The van der Waals surface area contributed by atoms with Crippen molar-refractivity contribution in [3.8, 4) is 11.5 Å². The molecule has 0 saturated heterocycles. The van der Waals surface area contributed by atoms with E-state index in [1.54, 1.807) is 0 Å². The molecule has 2 N–H and O–H groups in total. The topological polar surface area (TPSA) is 68.3 Å². The van der Waals surface area contributed by atoms with E-state index in [1.807, 2.05) is 56.3 Å². The van der Waals surface area contributed by atoms with Crippen LogP contribution in [-0.2, 0) is 0 Å². The summed E-state index contributed by atoms with van der Waals surface area (Å²) in [6, 6.07) is 13.3. The maximum atomic E-state index is 6.10. The van der Waals surface area contributed by atoms with E-state index in [2.05, 4.69) is 20.6 Å². The molecule has 2 aromatic carbocycles. The molecular weight excluding hydrogens is 364 g/mol. The van der Waals surface area contributed by atoms with Gasteiger partial charge in [0.1, 0.15) is 19.0 Å². The number of anilines is 4. The van der Waals surface area contributed by atoms with Crippen LogP contribution in [0.25, 0.3) is 0 Å². The number of aryl methyl sites for hydroxylation is 2. The fourth-order valence-electron chi connectivity index (χ4n) is 2.81. The van der Waals surface area contributed by atoms with Crippen molar-refractivity contribution < 1.29 is 9.47 Å². The first kappa shape index (κ1) is 17.4. The van der Waals surface area contributed by atoms with E-state index in [0.717, 1.165) is 28.4 Å². The minimum Gasteiger partial charge on any atom is -0.486 e. The summed E-state index contributed by atoms with van der Waals surface area (Å²) >= 11 is 6.10. The minimum atomic E-state index is 0.494. The zero-order valence-corrected chi connectivity index (χ0v) is 15.8. The normalized spacial score (nSPS) is 12.6. The summed E-state index contributed by atoms with van der Waals surface area (Å²) in [6.45, 7) is 5.05. The quantitative estimate of drug-likeness (QED) is 0.661. The lowest BCUT2D eigenvalue weighted by Crippen LogP contribution is -2.15. The summed E-state index contributed by atoms with van der Waals surface area (Å²) in [5.41, 5.74) is 3.66. The molecule has 1 aliphatic heterocycles.